The lowest BCUT2D eigenvalue weighted by Crippen LogP contribution is -2.47. The first-order valence-corrected chi connectivity index (χ1v) is 7.42. The number of nitriles is 1. The molecule has 1 saturated heterocycles. The van der Waals surface area contributed by atoms with Gasteiger partial charge in [0.05, 0.1) is 6.54 Å². The van der Waals surface area contributed by atoms with Crippen molar-refractivity contribution in [3.05, 3.63) is 30.3 Å². The lowest BCUT2D eigenvalue weighted by atomic mass is 10.0. The number of amides is 1. The van der Waals surface area contributed by atoms with E-state index >= 15 is 0 Å². The standard InChI is InChI=1S/C16H22N4O/c1-13(2)11-15(18-14-7-4-3-5-8-14)16(21)20-10-6-9-19(20)12-17/h3-5,7-8,13,15,18H,6,9-11H2,1-2H3. The predicted octanol–water partition coefficient (Wildman–Crippen LogP) is 2.44. The van der Waals surface area contributed by atoms with E-state index in [9.17, 15) is 4.79 Å². The number of carbonyl (C=O) groups excluding carboxylic acids is 1. The Hall–Kier alpha value is -2.22. The fourth-order valence-corrected chi connectivity index (χ4v) is 2.55. The highest BCUT2D eigenvalue weighted by atomic mass is 16.2. The Bertz CT molecular complexity index is 509. The van der Waals surface area contributed by atoms with Crippen molar-refractivity contribution in [3.8, 4) is 6.19 Å². The van der Waals surface area contributed by atoms with Crippen molar-refractivity contribution >= 4 is 11.6 Å². The van der Waals surface area contributed by atoms with Crippen molar-refractivity contribution in [2.24, 2.45) is 5.92 Å². The van der Waals surface area contributed by atoms with Crippen molar-refractivity contribution in [1.82, 2.24) is 10.0 Å². The smallest absolute Gasteiger partial charge is 0.264 e. The molecule has 0 aliphatic carbocycles. The molecule has 1 aromatic rings. The summed E-state index contributed by atoms with van der Waals surface area (Å²) in [4.78, 5) is 12.7. The zero-order valence-corrected chi connectivity index (χ0v) is 12.6. The first kappa shape index (κ1) is 15.2. The SMILES string of the molecule is CC(C)CC(Nc1ccccc1)C(=O)N1CCCN1C#N. The minimum atomic E-state index is -0.304. The van der Waals surface area contributed by atoms with Crippen LogP contribution in [-0.4, -0.2) is 35.1 Å². The van der Waals surface area contributed by atoms with Crippen LogP contribution in [0.4, 0.5) is 5.69 Å². The molecule has 0 bridgehead atoms. The van der Waals surface area contributed by atoms with Crippen LogP contribution in [0.2, 0.25) is 0 Å². The average molecular weight is 286 g/mol. The van der Waals surface area contributed by atoms with E-state index in [0.717, 1.165) is 18.5 Å². The van der Waals surface area contributed by atoms with E-state index in [0.29, 0.717) is 19.0 Å². The maximum absolute atomic E-state index is 12.7. The fraction of sp³-hybridized carbons (Fsp3) is 0.500. The van der Waals surface area contributed by atoms with Crippen molar-refractivity contribution in [2.45, 2.75) is 32.7 Å². The van der Waals surface area contributed by atoms with E-state index in [4.69, 9.17) is 5.26 Å². The molecule has 5 heteroatoms. The maximum atomic E-state index is 12.7. The summed E-state index contributed by atoms with van der Waals surface area (Å²) < 4.78 is 0. The molecule has 1 aliphatic heterocycles. The van der Waals surface area contributed by atoms with Crippen LogP contribution in [-0.2, 0) is 4.79 Å². The van der Waals surface area contributed by atoms with Gasteiger partial charge in [0.15, 0.2) is 6.19 Å². The van der Waals surface area contributed by atoms with Gasteiger partial charge in [0.25, 0.3) is 5.91 Å². The molecule has 1 N–H and O–H groups in total. The van der Waals surface area contributed by atoms with E-state index in [1.807, 2.05) is 30.3 Å². The third kappa shape index (κ3) is 3.88. The van der Waals surface area contributed by atoms with E-state index in [1.54, 1.807) is 5.01 Å². The molecule has 1 atom stereocenters. The molecule has 1 fully saturated rings. The molecule has 0 spiro atoms. The fourth-order valence-electron chi connectivity index (χ4n) is 2.55. The number of para-hydroxylation sites is 1. The molecular formula is C16H22N4O. The minimum Gasteiger partial charge on any atom is -0.374 e. The second kappa shape index (κ2) is 6.98. The first-order chi connectivity index (χ1) is 10.1. The number of anilines is 1. The minimum absolute atomic E-state index is 0.0217. The van der Waals surface area contributed by atoms with Gasteiger partial charge in [0.2, 0.25) is 0 Å². The van der Waals surface area contributed by atoms with Crippen LogP contribution in [0.25, 0.3) is 0 Å². The van der Waals surface area contributed by atoms with Gasteiger partial charge < -0.3 is 5.32 Å². The second-order valence-corrected chi connectivity index (χ2v) is 5.73. The van der Waals surface area contributed by atoms with Gasteiger partial charge >= 0.3 is 0 Å². The number of hydrazine groups is 1. The van der Waals surface area contributed by atoms with Gasteiger partial charge in [-0.25, -0.2) is 10.0 Å². The van der Waals surface area contributed by atoms with E-state index in [1.165, 1.54) is 5.01 Å². The van der Waals surface area contributed by atoms with Gasteiger partial charge in [-0.15, -0.1) is 0 Å². The lowest BCUT2D eigenvalue weighted by molar-refractivity contribution is -0.141. The Morgan fingerprint density at radius 2 is 2.05 bits per heavy atom. The Kier molecular flexibility index (Phi) is 5.04. The highest BCUT2D eigenvalue weighted by Gasteiger charge is 2.31. The number of benzene rings is 1. The lowest BCUT2D eigenvalue weighted by Gasteiger charge is -2.29. The maximum Gasteiger partial charge on any atom is 0.264 e. The zero-order chi connectivity index (χ0) is 15.2. The van der Waals surface area contributed by atoms with Crippen LogP contribution in [0.15, 0.2) is 30.3 Å². The molecule has 1 aliphatic rings. The molecule has 0 radical (unpaired) electrons. The van der Waals surface area contributed by atoms with Gasteiger partial charge in [-0.2, -0.15) is 5.26 Å². The summed E-state index contributed by atoms with van der Waals surface area (Å²) in [6, 6.07) is 9.43. The zero-order valence-electron chi connectivity index (χ0n) is 12.6. The highest BCUT2D eigenvalue weighted by molar-refractivity contribution is 5.84. The highest BCUT2D eigenvalue weighted by Crippen LogP contribution is 2.18. The van der Waals surface area contributed by atoms with Crippen LogP contribution in [0.5, 0.6) is 0 Å². The Labute approximate surface area is 126 Å². The van der Waals surface area contributed by atoms with Gasteiger partial charge in [-0.1, -0.05) is 32.0 Å². The van der Waals surface area contributed by atoms with Crippen molar-refractivity contribution in [2.75, 3.05) is 18.4 Å². The number of nitrogens with zero attached hydrogens (tertiary/aromatic N) is 3. The topological polar surface area (TPSA) is 59.4 Å². The van der Waals surface area contributed by atoms with Gasteiger partial charge in [0.1, 0.15) is 6.04 Å². The van der Waals surface area contributed by atoms with Gasteiger partial charge in [-0.3, -0.25) is 4.79 Å². The Morgan fingerprint density at radius 1 is 1.33 bits per heavy atom. The molecular weight excluding hydrogens is 264 g/mol. The van der Waals surface area contributed by atoms with Crippen molar-refractivity contribution in [3.63, 3.8) is 0 Å². The van der Waals surface area contributed by atoms with Gasteiger partial charge in [-0.05, 0) is 30.9 Å². The van der Waals surface area contributed by atoms with Crippen LogP contribution in [0, 0.1) is 17.4 Å². The largest absolute Gasteiger partial charge is 0.374 e. The molecule has 5 nitrogen and oxygen atoms in total. The van der Waals surface area contributed by atoms with Crippen LogP contribution in [0.3, 0.4) is 0 Å². The summed E-state index contributed by atoms with van der Waals surface area (Å²) in [7, 11) is 0. The molecule has 0 saturated carbocycles. The molecule has 0 aromatic heterocycles. The van der Waals surface area contributed by atoms with Crippen molar-refractivity contribution < 1.29 is 4.79 Å². The van der Waals surface area contributed by atoms with Crippen LogP contribution < -0.4 is 5.32 Å². The summed E-state index contributed by atoms with van der Waals surface area (Å²) in [5, 5.41) is 15.4. The Morgan fingerprint density at radius 3 is 2.67 bits per heavy atom. The second-order valence-electron chi connectivity index (χ2n) is 5.73. The van der Waals surface area contributed by atoms with Gasteiger partial charge in [0, 0.05) is 12.2 Å². The summed E-state index contributed by atoms with van der Waals surface area (Å²) in [6.07, 6.45) is 3.66. The summed E-state index contributed by atoms with van der Waals surface area (Å²) >= 11 is 0. The third-order valence-corrected chi connectivity index (χ3v) is 3.52. The predicted molar refractivity (Wildman–Crippen MR) is 82.0 cm³/mol. The van der Waals surface area contributed by atoms with E-state index in [-0.39, 0.29) is 11.9 Å². The van der Waals surface area contributed by atoms with E-state index < -0.39 is 0 Å². The first-order valence-electron chi connectivity index (χ1n) is 7.42. The molecule has 21 heavy (non-hydrogen) atoms. The molecule has 1 heterocycles. The number of hydrogen-bond donors (Lipinski definition) is 1. The number of rotatable bonds is 5. The van der Waals surface area contributed by atoms with Crippen molar-refractivity contribution in [1.29, 1.82) is 5.26 Å². The van der Waals surface area contributed by atoms with E-state index in [2.05, 4.69) is 25.4 Å². The summed E-state index contributed by atoms with van der Waals surface area (Å²) in [5.41, 5.74) is 0.930. The monoisotopic (exact) mass is 286 g/mol. The Balaban J connectivity index is 2.12. The van der Waals surface area contributed by atoms with Crippen LogP contribution >= 0.6 is 0 Å². The average Bonchev–Trinajstić information content (AvgIpc) is 2.95. The normalized spacial score (nSPS) is 15.9. The summed E-state index contributed by atoms with van der Waals surface area (Å²) in [6.45, 7) is 5.44. The van der Waals surface area contributed by atoms with Crippen LogP contribution in [0.1, 0.15) is 26.7 Å². The third-order valence-electron chi connectivity index (χ3n) is 3.52. The summed E-state index contributed by atoms with van der Waals surface area (Å²) in [5.74, 6) is 0.375. The molecule has 1 unspecified atom stereocenters. The molecule has 1 amide bonds. The number of nitrogens with one attached hydrogen (secondary N) is 1. The molecule has 112 valence electrons. The number of hydrogen-bond acceptors (Lipinski definition) is 4. The molecule has 1 aromatic carbocycles. The quantitative estimate of drug-likeness (QED) is 0.845. The molecule has 2 rings (SSSR count). The number of carbonyl (C=O) groups is 1.